The Morgan fingerprint density at radius 3 is 2.67 bits per heavy atom. The molecule has 1 aliphatic carbocycles. The third-order valence-electron chi connectivity index (χ3n) is 4.41. The molecule has 0 heterocycles. The molecular weight excluding hydrogens is 228 g/mol. The van der Waals surface area contributed by atoms with Gasteiger partial charge < -0.3 is 15.0 Å². The van der Waals surface area contributed by atoms with Crippen LogP contribution in [0.5, 0.6) is 0 Å². The molecule has 18 heavy (non-hydrogen) atoms. The highest BCUT2D eigenvalue weighted by Crippen LogP contribution is 2.38. The van der Waals surface area contributed by atoms with E-state index < -0.39 is 5.54 Å². The molecule has 3 unspecified atom stereocenters. The van der Waals surface area contributed by atoms with E-state index in [4.69, 9.17) is 4.74 Å². The van der Waals surface area contributed by atoms with Crippen LogP contribution < -0.4 is 5.32 Å². The predicted octanol–water partition coefficient (Wildman–Crippen LogP) is 1.51. The van der Waals surface area contributed by atoms with Crippen LogP contribution in [0.3, 0.4) is 0 Å². The zero-order valence-corrected chi connectivity index (χ0v) is 12.5. The lowest BCUT2D eigenvalue weighted by molar-refractivity contribution is -0.154. The van der Waals surface area contributed by atoms with Gasteiger partial charge in [-0.2, -0.15) is 0 Å². The summed E-state index contributed by atoms with van der Waals surface area (Å²) in [5, 5.41) is 3.48. The van der Waals surface area contributed by atoms with E-state index in [1.54, 1.807) is 0 Å². The van der Waals surface area contributed by atoms with Crippen LogP contribution in [0, 0.1) is 11.8 Å². The maximum atomic E-state index is 12.2. The number of nitrogens with zero attached hydrogens (tertiary/aromatic N) is 1. The summed E-state index contributed by atoms with van der Waals surface area (Å²) in [6.45, 7) is 6.15. The lowest BCUT2D eigenvalue weighted by Gasteiger charge is -2.44. The fraction of sp³-hybridized carbons (Fsp3) is 0.929. The van der Waals surface area contributed by atoms with Gasteiger partial charge in [0, 0.05) is 13.1 Å². The van der Waals surface area contributed by atoms with Gasteiger partial charge in [0.15, 0.2) is 0 Å². The minimum atomic E-state index is -0.484. The molecule has 106 valence electrons. The quantitative estimate of drug-likeness (QED) is 0.757. The van der Waals surface area contributed by atoms with Gasteiger partial charge in [0.25, 0.3) is 0 Å². The van der Waals surface area contributed by atoms with Gasteiger partial charge >= 0.3 is 5.97 Å². The first-order valence-corrected chi connectivity index (χ1v) is 6.92. The number of carbonyl (C=O) groups is 1. The molecule has 0 spiro atoms. The molecular formula is C14H28N2O2. The number of nitrogens with one attached hydrogen (secondary N) is 1. The highest BCUT2D eigenvalue weighted by atomic mass is 16.5. The molecule has 0 aromatic rings. The minimum Gasteiger partial charge on any atom is -0.468 e. The zero-order valence-electron chi connectivity index (χ0n) is 12.5. The van der Waals surface area contributed by atoms with Gasteiger partial charge in [-0.1, -0.05) is 26.7 Å². The number of carbonyl (C=O) groups excluding carboxylic acids is 1. The molecule has 0 aliphatic heterocycles. The van der Waals surface area contributed by atoms with Crippen LogP contribution in [-0.2, 0) is 9.53 Å². The molecule has 0 aromatic heterocycles. The van der Waals surface area contributed by atoms with Crippen molar-refractivity contribution in [2.75, 3.05) is 34.3 Å². The van der Waals surface area contributed by atoms with Crippen molar-refractivity contribution in [3.05, 3.63) is 0 Å². The second-order valence-electron chi connectivity index (χ2n) is 5.85. The highest BCUT2D eigenvalue weighted by Gasteiger charge is 2.47. The van der Waals surface area contributed by atoms with E-state index in [1.165, 1.54) is 13.5 Å². The molecule has 4 heteroatoms. The van der Waals surface area contributed by atoms with Crippen LogP contribution in [0.4, 0.5) is 0 Å². The molecule has 0 radical (unpaired) electrons. The summed E-state index contributed by atoms with van der Waals surface area (Å²) >= 11 is 0. The SMILES string of the molecule is COC(=O)C1(NCCN(C)C)CCCC(C)C1C. The molecule has 0 aromatic carbocycles. The van der Waals surface area contributed by atoms with Crippen molar-refractivity contribution in [3.63, 3.8) is 0 Å². The summed E-state index contributed by atoms with van der Waals surface area (Å²) in [6, 6.07) is 0. The molecule has 1 saturated carbocycles. The number of likely N-dealkylation sites (N-methyl/N-ethyl adjacent to an activating group) is 1. The standard InChI is InChI=1S/C14H28N2O2/c1-11-7-6-8-14(12(11)2,13(17)18-5)15-9-10-16(3)4/h11-12,15H,6-10H2,1-5H3. The van der Waals surface area contributed by atoms with E-state index in [2.05, 4.69) is 24.1 Å². The van der Waals surface area contributed by atoms with Gasteiger partial charge in [-0.25, -0.2) is 0 Å². The van der Waals surface area contributed by atoms with Gasteiger partial charge in [0.1, 0.15) is 5.54 Å². The van der Waals surface area contributed by atoms with Crippen LogP contribution in [0.1, 0.15) is 33.1 Å². The van der Waals surface area contributed by atoms with Crippen LogP contribution >= 0.6 is 0 Å². The third-order valence-corrected chi connectivity index (χ3v) is 4.41. The molecule has 4 nitrogen and oxygen atoms in total. The van der Waals surface area contributed by atoms with Crippen molar-refractivity contribution in [3.8, 4) is 0 Å². The van der Waals surface area contributed by atoms with Crippen molar-refractivity contribution >= 4 is 5.97 Å². The lowest BCUT2D eigenvalue weighted by atomic mass is 9.68. The van der Waals surface area contributed by atoms with Gasteiger partial charge in [0.2, 0.25) is 0 Å². The first-order valence-electron chi connectivity index (χ1n) is 6.92. The summed E-state index contributed by atoms with van der Waals surface area (Å²) in [4.78, 5) is 14.3. The third kappa shape index (κ3) is 3.23. The Morgan fingerprint density at radius 2 is 2.11 bits per heavy atom. The summed E-state index contributed by atoms with van der Waals surface area (Å²) in [7, 11) is 5.57. The fourth-order valence-corrected chi connectivity index (χ4v) is 2.96. The van der Waals surface area contributed by atoms with Crippen molar-refractivity contribution in [2.24, 2.45) is 11.8 Å². The maximum absolute atomic E-state index is 12.2. The summed E-state index contributed by atoms with van der Waals surface area (Å²) in [5.74, 6) is 0.783. The topological polar surface area (TPSA) is 41.6 Å². The normalized spacial score (nSPS) is 32.6. The first-order chi connectivity index (χ1) is 8.44. The van der Waals surface area contributed by atoms with E-state index in [0.29, 0.717) is 11.8 Å². The van der Waals surface area contributed by atoms with Gasteiger partial charge in [-0.05, 0) is 32.4 Å². The largest absolute Gasteiger partial charge is 0.468 e. The second kappa shape index (κ2) is 6.53. The monoisotopic (exact) mass is 256 g/mol. The highest BCUT2D eigenvalue weighted by molar-refractivity contribution is 5.81. The number of methoxy groups -OCH3 is 1. The van der Waals surface area contributed by atoms with E-state index in [-0.39, 0.29) is 5.97 Å². The zero-order chi connectivity index (χ0) is 13.8. The smallest absolute Gasteiger partial charge is 0.326 e. The number of rotatable bonds is 5. The molecule has 1 N–H and O–H groups in total. The number of ether oxygens (including phenoxy) is 1. The minimum absolute atomic E-state index is 0.0969. The van der Waals surface area contributed by atoms with Crippen molar-refractivity contribution in [1.82, 2.24) is 10.2 Å². The molecule has 0 amide bonds. The molecule has 1 aliphatic rings. The fourth-order valence-electron chi connectivity index (χ4n) is 2.96. The lowest BCUT2D eigenvalue weighted by Crippen LogP contribution is -2.61. The first kappa shape index (κ1) is 15.4. The number of esters is 1. The Morgan fingerprint density at radius 1 is 1.44 bits per heavy atom. The number of hydrogen-bond acceptors (Lipinski definition) is 4. The molecule has 0 saturated heterocycles. The van der Waals surface area contributed by atoms with Crippen molar-refractivity contribution < 1.29 is 9.53 Å². The second-order valence-corrected chi connectivity index (χ2v) is 5.85. The molecule has 1 rings (SSSR count). The van der Waals surface area contributed by atoms with E-state index in [1.807, 2.05) is 14.1 Å². The van der Waals surface area contributed by atoms with Crippen molar-refractivity contribution in [2.45, 2.75) is 38.6 Å². The summed E-state index contributed by atoms with van der Waals surface area (Å²) < 4.78 is 5.05. The van der Waals surface area contributed by atoms with Gasteiger partial charge in [-0.3, -0.25) is 4.79 Å². The molecule has 3 atom stereocenters. The summed E-state index contributed by atoms with van der Waals surface area (Å²) in [5.41, 5.74) is -0.484. The van der Waals surface area contributed by atoms with E-state index >= 15 is 0 Å². The van der Waals surface area contributed by atoms with Gasteiger partial charge in [0.05, 0.1) is 7.11 Å². The Balaban J connectivity index is 2.77. The molecule has 0 bridgehead atoms. The molecule has 1 fully saturated rings. The van der Waals surface area contributed by atoms with Crippen LogP contribution in [0.25, 0.3) is 0 Å². The Kier molecular flexibility index (Phi) is 5.60. The van der Waals surface area contributed by atoms with Crippen LogP contribution in [0.15, 0.2) is 0 Å². The number of hydrogen-bond donors (Lipinski definition) is 1. The Hall–Kier alpha value is -0.610. The average molecular weight is 256 g/mol. The van der Waals surface area contributed by atoms with E-state index in [9.17, 15) is 4.79 Å². The van der Waals surface area contributed by atoms with Crippen molar-refractivity contribution in [1.29, 1.82) is 0 Å². The van der Waals surface area contributed by atoms with E-state index in [0.717, 1.165) is 25.9 Å². The van der Waals surface area contributed by atoms with Crippen LogP contribution in [-0.4, -0.2) is 50.7 Å². The summed E-state index contributed by atoms with van der Waals surface area (Å²) in [6.07, 6.45) is 3.18. The Bertz CT molecular complexity index is 281. The van der Waals surface area contributed by atoms with Gasteiger partial charge in [-0.15, -0.1) is 0 Å². The predicted molar refractivity (Wildman–Crippen MR) is 73.5 cm³/mol. The maximum Gasteiger partial charge on any atom is 0.326 e. The average Bonchev–Trinajstić information content (AvgIpc) is 2.33. The van der Waals surface area contributed by atoms with Crippen LogP contribution in [0.2, 0.25) is 0 Å². The Labute approximate surface area is 111 Å².